The number of Topliss-reactive ketones (excluding diaryl/α,β-unsaturated/α-hetero) is 1. The molecule has 2 unspecified atom stereocenters. The van der Waals surface area contributed by atoms with Gasteiger partial charge in [-0.15, -0.1) is 0 Å². The number of ether oxygens (including phenoxy) is 1. The first kappa shape index (κ1) is 11.1. The molecule has 0 amide bonds. The molecule has 1 saturated carbocycles. The molecule has 0 aromatic carbocycles. The number of ketones is 1. The second-order valence-corrected chi connectivity index (χ2v) is 4.78. The monoisotopic (exact) mass is 211 g/mol. The Balaban J connectivity index is 1.94. The minimum absolute atomic E-state index is 0.446. The van der Waals surface area contributed by atoms with E-state index >= 15 is 0 Å². The second kappa shape index (κ2) is 5.08. The Morgan fingerprint density at radius 3 is 2.93 bits per heavy atom. The largest absolute Gasteiger partial charge is 0.383 e. The number of nitrogens with zero attached hydrogens (tertiary/aromatic N) is 1. The van der Waals surface area contributed by atoms with Crippen molar-refractivity contribution in [1.82, 2.24) is 4.90 Å². The van der Waals surface area contributed by atoms with Gasteiger partial charge in [-0.1, -0.05) is 6.42 Å². The summed E-state index contributed by atoms with van der Waals surface area (Å²) in [5.74, 6) is 0.446. The van der Waals surface area contributed by atoms with Crippen LogP contribution in [-0.4, -0.2) is 43.0 Å². The molecular formula is C12H21NO2. The lowest BCUT2D eigenvalue weighted by Crippen LogP contribution is -2.47. The summed E-state index contributed by atoms with van der Waals surface area (Å²) in [7, 11) is 1.77. The number of likely N-dealkylation sites (tertiary alicyclic amines) is 1. The van der Waals surface area contributed by atoms with E-state index in [2.05, 4.69) is 4.90 Å². The Kier molecular flexibility index (Phi) is 3.76. The van der Waals surface area contributed by atoms with Crippen molar-refractivity contribution in [3.05, 3.63) is 0 Å². The van der Waals surface area contributed by atoms with Gasteiger partial charge in [-0.2, -0.15) is 0 Å². The van der Waals surface area contributed by atoms with Crippen LogP contribution in [0.5, 0.6) is 0 Å². The van der Waals surface area contributed by atoms with Crippen molar-refractivity contribution in [1.29, 1.82) is 0 Å². The molecule has 0 N–H and O–H groups in total. The lowest BCUT2D eigenvalue weighted by atomic mass is 9.99. The number of piperidine rings is 1. The molecule has 1 aliphatic heterocycles. The van der Waals surface area contributed by atoms with Gasteiger partial charge in [0.05, 0.1) is 6.61 Å². The van der Waals surface area contributed by atoms with E-state index < -0.39 is 0 Å². The first-order chi connectivity index (χ1) is 7.31. The predicted molar refractivity (Wildman–Crippen MR) is 58.9 cm³/mol. The van der Waals surface area contributed by atoms with Crippen molar-refractivity contribution in [3.8, 4) is 0 Å². The minimum atomic E-state index is 0.446. The fraction of sp³-hybridized carbons (Fsp3) is 0.917. The average Bonchev–Trinajstić information content (AvgIpc) is 2.66. The highest BCUT2D eigenvalue weighted by molar-refractivity contribution is 5.81. The van der Waals surface area contributed by atoms with Gasteiger partial charge >= 0.3 is 0 Å². The highest BCUT2D eigenvalue weighted by Gasteiger charge is 2.33. The zero-order valence-electron chi connectivity index (χ0n) is 9.58. The lowest BCUT2D eigenvalue weighted by molar-refractivity contribution is -0.117. The van der Waals surface area contributed by atoms with Crippen LogP contribution in [0.4, 0.5) is 0 Å². The molecule has 3 nitrogen and oxygen atoms in total. The Bertz CT molecular complexity index is 228. The third-order valence-corrected chi connectivity index (χ3v) is 3.72. The molecule has 86 valence electrons. The van der Waals surface area contributed by atoms with Gasteiger partial charge in [-0.05, 0) is 25.8 Å². The molecule has 0 aromatic heterocycles. The van der Waals surface area contributed by atoms with E-state index in [1.54, 1.807) is 7.11 Å². The molecule has 0 bridgehead atoms. The normalized spacial score (nSPS) is 33.5. The Morgan fingerprint density at radius 1 is 1.40 bits per heavy atom. The van der Waals surface area contributed by atoms with Crippen LogP contribution in [0.15, 0.2) is 0 Å². The maximum atomic E-state index is 11.3. The van der Waals surface area contributed by atoms with E-state index in [4.69, 9.17) is 4.74 Å². The Labute approximate surface area is 91.8 Å². The van der Waals surface area contributed by atoms with Crippen LogP contribution >= 0.6 is 0 Å². The zero-order valence-corrected chi connectivity index (χ0v) is 9.58. The number of rotatable bonds is 3. The van der Waals surface area contributed by atoms with Crippen LogP contribution in [0.1, 0.15) is 38.5 Å². The van der Waals surface area contributed by atoms with Gasteiger partial charge in [0, 0.05) is 32.0 Å². The van der Waals surface area contributed by atoms with E-state index in [1.807, 2.05) is 0 Å². The van der Waals surface area contributed by atoms with Crippen molar-refractivity contribution in [2.75, 3.05) is 20.3 Å². The van der Waals surface area contributed by atoms with Crippen LogP contribution in [0.3, 0.4) is 0 Å². The Morgan fingerprint density at radius 2 is 2.27 bits per heavy atom. The van der Waals surface area contributed by atoms with Crippen molar-refractivity contribution in [2.24, 2.45) is 0 Å². The van der Waals surface area contributed by atoms with Gasteiger partial charge in [0.15, 0.2) is 0 Å². The molecule has 0 spiro atoms. The van der Waals surface area contributed by atoms with Gasteiger partial charge in [0.25, 0.3) is 0 Å². The third-order valence-electron chi connectivity index (χ3n) is 3.72. The number of hydrogen-bond donors (Lipinski definition) is 0. The summed E-state index contributed by atoms with van der Waals surface area (Å²) < 4.78 is 5.27. The summed E-state index contributed by atoms with van der Waals surface area (Å²) in [6.45, 7) is 1.98. The molecule has 2 fully saturated rings. The molecule has 15 heavy (non-hydrogen) atoms. The number of methoxy groups -OCH3 is 1. The highest BCUT2D eigenvalue weighted by atomic mass is 16.5. The van der Waals surface area contributed by atoms with Crippen molar-refractivity contribution in [2.45, 2.75) is 50.6 Å². The average molecular weight is 211 g/mol. The van der Waals surface area contributed by atoms with Gasteiger partial charge < -0.3 is 4.74 Å². The fourth-order valence-electron chi connectivity index (χ4n) is 2.95. The maximum Gasteiger partial charge on any atom is 0.134 e. The first-order valence-corrected chi connectivity index (χ1v) is 6.07. The van der Waals surface area contributed by atoms with Gasteiger partial charge in [-0.25, -0.2) is 0 Å². The predicted octanol–water partition coefficient (Wildman–Crippen LogP) is 1.61. The SMILES string of the molecule is COCC1CCCCN1C1CCC(=O)C1. The zero-order chi connectivity index (χ0) is 10.7. The van der Waals surface area contributed by atoms with Crippen LogP contribution in [0.2, 0.25) is 0 Å². The lowest BCUT2D eigenvalue weighted by Gasteiger charge is -2.39. The number of carbonyl (C=O) groups is 1. The fourth-order valence-corrected chi connectivity index (χ4v) is 2.95. The molecule has 0 radical (unpaired) electrons. The van der Waals surface area contributed by atoms with Crippen molar-refractivity contribution in [3.63, 3.8) is 0 Å². The summed E-state index contributed by atoms with van der Waals surface area (Å²) in [5, 5.41) is 0. The summed E-state index contributed by atoms with van der Waals surface area (Å²) in [6, 6.07) is 1.07. The standard InChI is InChI=1S/C12H21NO2/c1-15-9-11-4-2-3-7-13(11)10-5-6-12(14)8-10/h10-11H,2-9H2,1H3. The Hall–Kier alpha value is -0.410. The molecule has 1 saturated heterocycles. The molecular weight excluding hydrogens is 190 g/mol. The summed E-state index contributed by atoms with van der Waals surface area (Å²) in [4.78, 5) is 13.8. The second-order valence-electron chi connectivity index (χ2n) is 4.78. The van der Waals surface area contributed by atoms with Crippen molar-refractivity contribution < 1.29 is 9.53 Å². The molecule has 0 aromatic rings. The number of carbonyl (C=O) groups excluding carboxylic acids is 1. The summed E-state index contributed by atoms with van der Waals surface area (Å²) in [5.41, 5.74) is 0. The molecule has 2 aliphatic rings. The van der Waals surface area contributed by atoms with Crippen LogP contribution in [0, 0.1) is 0 Å². The van der Waals surface area contributed by atoms with Gasteiger partial charge in [0.2, 0.25) is 0 Å². The number of hydrogen-bond acceptors (Lipinski definition) is 3. The third kappa shape index (κ3) is 2.58. The van der Waals surface area contributed by atoms with Crippen LogP contribution in [0.25, 0.3) is 0 Å². The molecule has 2 atom stereocenters. The van der Waals surface area contributed by atoms with E-state index in [1.165, 1.54) is 19.3 Å². The van der Waals surface area contributed by atoms with E-state index in [0.717, 1.165) is 32.4 Å². The van der Waals surface area contributed by atoms with Gasteiger partial charge in [0.1, 0.15) is 5.78 Å². The smallest absolute Gasteiger partial charge is 0.134 e. The van der Waals surface area contributed by atoms with Crippen LogP contribution < -0.4 is 0 Å². The van der Waals surface area contributed by atoms with E-state index in [0.29, 0.717) is 17.9 Å². The van der Waals surface area contributed by atoms with Crippen molar-refractivity contribution >= 4 is 5.78 Å². The van der Waals surface area contributed by atoms with Crippen LogP contribution in [-0.2, 0) is 9.53 Å². The van der Waals surface area contributed by atoms with E-state index in [-0.39, 0.29) is 0 Å². The molecule has 2 rings (SSSR count). The molecule has 3 heteroatoms. The summed E-state index contributed by atoms with van der Waals surface area (Å²) in [6.07, 6.45) is 6.47. The maximum absolute atomic E-state index is 11.3. The topological polar surface area (TPSA) is 29.5 Å². The minimum Gasteiger partial charge on any atom is -0.383 e. The highest BCUT2D eigenvalue weighted by Crippen LogP contribution is 2.27. The molecule has 1 aliphatic carbocycles. The summed E-state index contributed by atoms with van der Waals surface area (Å²) >= 11 is 0. The van der Waals surface area contributed by atoms with E-state index in [9.17, 15) is 4.79 Å². The molecule has 1 heterocycles. The first-order valence-electron chi connectivity index (χ1n) is 6.07. The quantitative estimate of drug-likeness (QED) is 0.710. The van der Waals surface area contributed by atoms with Gasteiger partial charge in [-0.3, -0.25) is 9.69 Å².